The van der Waals surface area contributed by atoms with Gasteiger partial charge in [0.15, 0.2) is 0 Å². The Hall–Kier alpha value is -0.960. The number of hydrogen-bond acceptors (Lipinski definition) is 3. The highest BCUT2D eigenvalue weighted by Crippen LogP contribution is 2.51. The van der Waals surface area contributed by atoms with Crippen LogP contribution < -0.4 is 5.73 Å². The molecule has 2 aliphatic rings. The van der Waals surface area contributed by atoms with E-state index in [-0.39, 0.29) is 44.8 Å². The number of nitrogens with zero attached hydrogens (tertiary/aromatic N) is 1. The summed E-state index contributed by atoms with van der Waals surface area (Å²) in [6.45, 7) is 1.10. The van der Waals surface area contributed by atoms with Crippen LogP contribution in [-0.2, 0) is 4.74 Å². The highest BCUT2D eigenvalue weighted by molar-refractivity contribution is 5.20. The fraction of sp³-hybridized carbons (Fsp3) is 0.846. The minimum absolute atomic E-state index is 0.0479. The standard InChI is InChI=1S/C13H18F6N2O/c14-12(15,16)11(20,13(17,18)19)9-3-1-2-4-10(9)21-5-7-22-8-6-21/h4,9H,1-3,5-8,20H2/t9-/m0/s1. The Labute approximate surface area is 124 Å². The van der Waals surface area contributed by atoms with Crippen LogP contribution in [0.25, 0.3) is 0 Å². The first-order valence-electron chi connectivity index (χ1n) is 7.04. The maximum atomic E-state index is 13.2. The van der Waals surface area contributed by atoms with Crippen molar-refractivity contribution in [3.63, 3.8) is 0 Å². The van der Waals surface area contributed by atoms with Crippen LogP contribution in [0.3, 0.4) is 0 Å². The van der Waals surface area contributed by atoms with Crippen molar-refractivity contribution in [1.29, 1.82) is 0 Å². The highest BCUT2D eigenvalue weighted by Gasteiger charge is 2.72. The fourth-order valence-corrected chi connectivity index (χ4v) is 3.05. The van der Waals surface area contributed by atoms with E-state index in [9.17, 15) is 26.3 Å². The second-order valence-corrected chi connectivity index (χ2v) is 5.58. The second-order valence-electron chi connectivity index (χ2n) is 5.58. The van der Waals surface area contributed by atoms with Crippen molar-refractivity contribution in [2.24, 2.45) is 11.7 Å². The Morgan fingerprint density at radius 1 is 1.05 bits per heavy atom. The molecule has 0 aromatic rings. The fourth-order valence-electron chi connectivity index (χ4n) is 3.05. The summed E-state index contributed by atoms with van der Waals surface area (Å²) in [4.78, 5) is 1.53. The van der Waals surface area contributed by atoms with Crippen LogP contribution >= 0.6 is 0 Å². The van der Waals surface area contributed by atoms with E-state index in [1.54, 1.807) is 0 Å². The van der Waals surface area contributed by atoms with E-state index in [4.69, 9.17) is 10.5 Å². The molecule has 2 rings (SSSR count). The third-order valence-electron chi connectivity index (χ3n) is 4.27. The summed E-state index contributed by atoms with van der Waals surface area (Å²) in [5.74, 6) is -1.82. The van der Waals surface area contributed by atoms with Gasteiger partial charge in [-0.25, -0.2) is 0 Å². The molecule has 0 aromatic carbocycles. The van der Waals surface area contributed by atoms with Crippen LogP contribution in [0.2, 0.25) is 0 Å². The molecule has 2 N–H and O–H groups in total. The van der Waals surface area contributed by atoms with E-state index in [0.29, 0.717) is 6.42 Å². The van der Waals surface area contributed by atoms with E-state index >= 15 is 0 Å². The minimum atomic E-state index is -5.57. The second kappa shape index (κ2) is 5.92. The number of ether oxygens (including phenoxy) is 1. The summed E-state index contributed by atoms with van der Waals surface area (Å²) >= 11 is 0. The third-order valence-corrected chi connectivity index (χ3v) is 4.27. The van der Waals surface area contributed by atoms with Gasteiger partial charge in [-0.05, 0) is 19.3 Å². The van der Waals surface area contributed by atoms with Gasteiger partial charge in [-0.15, -0.1) is 0 Å². The molecule has 0 radical (unpaired) electrons. The number of hydrogen-bond donors (Lipinski definition) is 1. The van der Waals surface area contributed by atoms with Crippen molar-refractivity contribution in [2.75, 3.05) is 26.3 Å². The molecule has 1 fully saturated rings. The lowest BCUT2D eigenvalue weighted by Gasteiger charge is -2.46. The van der Waals surface area contributed by atoms with Gasteiger partial charge in [0.25, 0.3) is 0 Å². The van der Waals surface area contributed by atoms with E-state index < -0.39 is 23.8 Å². The van der Waals surface area contributed by atoms with Crippen LogP contribution in [0, 0.1) is 5.92 Å². The molecule has 0 amide bonds. The Morgan fingerprint density at radius 2 is 1.59 bits per heavy atom. The van der Waals surface area contributed by atoms with Gasteiger partial charge >= 0.3 is 12.4 Å². The lowest BCUT2D eigenvalue weighted by atomic mass is 9.74. The molecule has 1 atom stereocenters. The molecule has 3 nitrogen and oxygen atoms in total. The maximum Gasteiger partial charge on any atom is 0.415 e. The first kappa shape index (κ1) is 17.4. The van der Waals surface area contributed by atoms with Gasteiger partial charge in [0, 0.05) is 24.7 Å². The average molecular weight is 332 g/mol. The Kier molecular flexibility index (Phi) is 4.68. The topological polar surface area (TPSA) is 38.5 Å². The molecule has 1 aliphatic heterocycles. The number of morpholine rings is 1. The van der Waals surface area contributed by atoms with Crippen molar-refractivity contribution in [3.05, 3.63) is 11.8 Å². The Morgan fingerprint density at radius 3 is 2.09 bits per heavy atom. The summed E-state index contributed by atoms with van der Waals surface area (Å²) in [7, 11) is 0. The molecule has 1 aliphatic carbocycles. The molecular weight excluding hydrogens is 314 g/mol. The highest BCUT2D eigenvalue weighted by atomic mass is 19.4. The van der Waals surface area contributed by atoms with Gasteiger partial charge in [-0.3, -0.25) is 0 Å². The molecule has 128 valence electrons. The zero-order valence-corrected chi connectivity index (χ0v) is 11.8. The van der Waals surface area contributed by atoms with E-state index in [0.717, 1.165) is 0 Å². The molecule has 0 bridgehead atoms. The Bertz CT molecular complexity index is 411. The van der Waals surface area contributed by atoms with Gasteiger partial charge in [0.1, 0.15) is 0 Å². The number of halogens is 6. The largest absolute Gasteiger partial charge is 0.415 e. The molecule has 0 aromatic heterocycles. The molecule has 0 saturated carbocycles. The van der Waals surface area contributed by atoms with Crippen LogP contribution in [0.4, 0.5) is 26.3 Å². The summed E-state index contributed by atoms with van der Waals surface area (Å²) in [5, 5.41) is 0. The van der Waals surface area contributed by atoms with Crippen molar-refractivity contribution >= 4 is 0 Å². The first-order valence-corrected chi connectivity index (χ1v) is 7.04. The maximum absolute atomic E-state index is 13.2. The summed E-state index contributed by atoms with van der Waals surface area (Å²) in [6.07, 6.45) is -9.22. The smallest absolute Gasteiger partial charge is 0.378 e. The zero-order chi connectivity index (χ0) is 16.6. The summed E-state index contributed by atoms with van der Waals surface area (Å²) in [5.41, 5.74) is 0.791. The van der Waals surface area contributed by atoms with Crippen LogP contribution in [0.5, 0.6) is 0 Å². The molecule has 22 heavy (non-hydrogen) atoms. The minimum Gasteiger partial charge on any atom is -0.378 e. The Balaban J connectivity index is 2.40. The van der Waals surface area contributed by atoms with Crippen molar-refractivity contribution in [1.82, 2.24) is 4.90 Å². The van der Waals surface area contributed by atoms with Gasteiger partial charge in [-0.1, -0.05) is 6.08 Å². The molecule has 9 heteroatoms. The lowest BCUT2D eigenvalue weighted by molar-refractivity contribution is -0.310. The molecule has 1 saturated heterocycles. The zero-order valence-electron chi connectivity index (χ0n) is 11.8. The van der Waals surface area contributed by atoms with Crippen molar-refractivity contribution < 1.29 is 31.1 Å². The summed E-state index contributed by atoms with van der Waals surface area (Å²) in [6, 6.07) is 0. The molecule has 0 spiro atoms. The van der Waals surface area contributed by atoms with E-state index in [1.807, 2.05) is 0 Å². The van der Waals surface area contributed by atoms with Gasteiger partial charge in [0.05, 0.1) is 13.2 Å². The number of rotatable bonds is 2. The predicted molar refractivity (Wildman–Crippen MR) is 66.8 cm³/mol. The third kappa shape index (κ3) is 2.92. The average Bonchev–Trinajstić information content (AvgIpc) is 2.45. The quantitative estimate of drug-likeness (QED) is 0.791. The van der Waals surface area contributed by atoms with Gasteiger partial charge in [-0.2, -0.15) is 26.3 Å². The predicted octanol–water partition coefficient (Wildman–Crippen LogP) is 2.82. The van der Waals surface area contributed by atoms with Crippen molar-refractivity contribution in [3.8, 4) is 0 Å². The molecule has 0 unspecified atom stereocenters. The normalized spacial score (nSPS) is 25.1. The van der Waals surface area contributed by atoms with E-state index in [2.05, 4.69) is 0 Å². The lowest BCUT2D eigenvalue weighted by Crippen LogP contribution is -2.69. The monoisotopic (exact) mass is 332 g/mol. The van der Waals surface area contributed by atoms with Gasteiger partial charge < -0.3 is 15.4 Å². The van der Waals surface area contributed by atoms with Crippen molar-refractivity contribution in [2.45, 2.75) is 37.2 Å². The number of allylic oxidation sites excluding steroid dienone is 1. The number of nitrogens with two attached hydrogens (primary N) is 1. The van der Waals surface area contributed by atoms with E-state index in [1.165, 1.54) is 11.0 Å². The SMILES string of the molecule is NC([C@H]1CCCC=C1N1CCOCC1)(C(F)(F)F)C(F)(F)F. The number of alkyl halides is 6. The van der Waals surface area contributed by atoms with Gasteiger partial charge in [0.2, 0.25) is 5.54 Å². The molecular formula is C13H18F6N2O. The summed E-state index contributed by atoms with van der Waals surface area (Å²) < 4.78 is 84.4. The first-order chi connectivity index (χ1) is 10.1. The van der Waals surface area contributed by atoms with Crippen LogP contribution in [0.1, 0.15) is 19.3 Å². The van der Waals surface area contributed by atoms with Crippen LogP contribution in [0.15, 0.2) is 11.8 Å². The van der Waals surface area contributed by atoms with Crippen LogP contribution in [-0.4, -0.2) is 49.1 Å². The molecule has 1 heterocycles.